The Hall–Kier alpha value is -0.160. The zero-order valence-corrected chi connectivity index (χ0v) is 7.24. The molecule has 0 radical (unpaired) electrons. The average molecular weight is 178 g/mol. The Morgan fingerprint density at radius 1 is 0.750 bits per heavy atom. The van der Waals surface area contributed by atoms with Gasteiger partial charge in [0.05, 0.1) is 0 Å². The third-order valence-electron chi connectivity index (χ3n) is 1.67. The van der Waals surface area contributed by atoms with Gasteiger partial charge in [-0.2, -0.15) is 0 Å². The second-order valence-electron chi connectivity index (χ2n) is 3.02. The standard InChI is InChI=1S/C8H18O4/c9-7-5-3-1-2-4-6-8(10,11)12/h9-12H,1-7H2. The van der Waals surface area contributed by atoms with Gasteiger partial charge < -0.3 is 20.4 Å². The molecule has 0 amide bonds. The Kier molecular flexibility index (Phi) is 6.28. The van der Waals surface area contributed by atoms with E-state index < -0.39 is 5.97 Å². The zero-order valence-electron chi connectivity index (χ0n) is 7.24. The van der Waals surface area contributed by atoms with Gasteiger partial charge in [0.1, 0.15) is 0 Å². The summed E-state index contributed by atoms with van der Waals surface area (Å²) >= 11 is 0. The summed E-state index contributed by atoms with van der Waals surface area (Å²) in [5.41, 5.74) is 0. The topological polar surface area (TPSA) is 80.9 Å². The highest BCUT2D eigenvalue weighted by Gasteiger charge is 2.16. The van der Waals surface area contributed by atoms with Crippen LogP contribution in [-0.2, 0) is 0 Å². The summed E-state index contributed by atoms with van der Waals surface area (Å²) in [6, 6.07) is 0. The van der Waals surface area contributed by atoms with Crippen molar-refractivity contribution in [3.05, 3.63) is 0 Å². The van der Waals surface area contributed by atoms with Crippen LogP contribution in [0.25, 0.3) is 0 Å². The fourth-order valence-electron chi connectivity index (χ4n) is 1.00. The summed E-state index contributed by atoms with van der Waals surface area (Å²) < 4.78 is 0. The normalized spacial score (nSPS) is 12.0. The Morgan fingerprint density at radius 2 is 1.25 bits per heavy atom. The smallest absolute Gasteiger partial charge is 0.275 e. The van der Waals surface area contributed by atoms with Gasteiger partial charge in [0.2, 0.25) is 0 Å². The van der Waals surface area contributed by atoms with Gasteiger partial charge >= 0.3 is 0 Å². The highest BCUT2D eigenvalue weighted by atomic mass is 16.7. The maximum Gasteiger partial charge on any atom is 0.275 e. The lowest BCUT2D eigenvalue weighted by Gasteiger charge is -2.12. The van der Waals surface area contributed by atoms with Gasteiger partial charge in [-0.05, 0) is 12.8 Å². The van der Waals surface area contributed by atoms with Gasteiger partial charge in [0.15, 0.2) is 0 Å². The first-order valence-corrected chi connectivity index (χ1v) is 4.34. The summed E-state index contributed by atoms with van der Waals surface area (Å²) in [4.78, 5) is 0. The van der Waals surface area contributed by atoms with Crippen molar-refractivity contribution in [2.24, 2.45) is 0 Å². The van der Waals surface area contributed by atoms with Crippen molar-refractivity contribution >= 4 is 0 Å². The first-order valence-electron chi connectivity index (χ1n) is 4.34. The molecule has 0 saturated heterocycles. The van der Waals surface area contributed by atoms with Crippen LogP contribution >= 0.6 is 0 Å². The zero-order chi connectivity index (χ0) is 9.45. The van der Waals surface area contributed by atoms with Gasteiger partial charge in [0, 0.05) is 13.0 Å². The number of hydrogen-bond acceptors (Lipinski definition) is 4. The van der Waals surface area contributed by atoms with Crippen molar-refractivity contribution in [1.29, 1.82) is 0 Å². The third-order valence-corrected chi connectivity index (χ3v) is 1.67. The third kappa shape index (κ3) is 9.84. The van der Waals surface area contributed by atoms with Crippen LogP contribution in [0.1, 0.15) is 38.5 Å². The van der Waals surface area contributed by atoms with Gasteiger partial charge in [-0.25, -0.2) is 0 Å². The molecule has 4 heteroatoms. The Bertz CT molecular complexity index is 97.7. The van der Waals surface area contributed by atoms with Gasteiger partial charge in [-0.1, -0.05) is 19.3 Å². The van der Waals surface area contributed by atoms with Crippen LogP contribution in [0.4, 0.5) is 0 Å². The van der Waals surface area contributed by atoms with E-state index in [2.05, 4.69) is 0 Å². The Labute approximate surface area is 72.5 Å². The number of aliphatic hydroxyl groups is 4. The molecule has 0 spiro atoms. The van der Waals surface area contributed by atoms with Crippen LogP contribution in [0.2, 0.25) is 0 Å². The molecule has 0 atom stereocenters. The molecule has 0 rings (SSSR count). The molecule has 74 valence electrons. The van der Waals surface area contributed by atoms with Gasteiger partial charge in [-0.3, -0.25) is 0 Å². The number of rotatable bonds is 7. The summed E-state index contributed by atoms with van der Waals surface area (Å²) in [6.45, 7) is 0.212. The number of aliphatic hydroxyl groups excluding tert-OH is 1. The van der Waals surface area contributed by atoms with Crippen LogP contribution in [0, 0.1) is 0 Å². The van der Waals surface area contributed by atoms with E-state index in [-0.39, 0.29) is 13.0 Å². The van der Waals surface area contributed by atoms with Crippen LogP contribution < -0.4 is 0 Å². The molecule has 4 nitrogen and oxygen atoms in total. The minimum Gasteiger partial charge on any atom is -0.396 e. The van der Waals surface area contributed by atoms with Gasteiger partial charge in [-0.15, -0.1) is 0 Å². The molecule has 0 bridgehead atoms. The Balaban J connectivity index is 3.01. The second-order valence-corrected chi connectivity index (χ2v) is 3.02. The molecule has 12 heavy (non-hydrogen) atoms. The van der Waals surface area contributed by atoms with E-state index in [4.69, 9.17) is 20.4 Å². The molecule has 0 aliphatic rings. The van der Waals surface area contributed by atoms with E-state index >= 15 is 0 Å². The largest absolute Gasteiger partial charge is 0.396 e. The maximum atomic E-state index is 8.49. The molecule has 0 fully saturated rings. The number of unbranched alkanes of at least 4 members (excludes halogenated alkanes) is 4. The molecule has 0 aromatic carbocycles. The predicted octanol–water partition coefficient (Wildman–Crippen LogP) is -0.0500. The van der Waals surface area contributed by atoms with Crippen molar-refractivity contribution in [3.63, 3.8) is 0 Å². The lowest BCUT2D eigenvalue weighted by atomic mass is 10.1. The maximum absolute atomic E-state index is 8.49. The van der Waals surface area contributed by atoms with Crippen LogP contribution in [0.3, 0.4) is 0 Å². The van der Waals surface area contributed by atoms with E-state index in [9.17, 15) is 0 Å². The van der Waals surface area contributed by atoms with Gasteiger partial charge in [0.25, 0.3) is 5.97 Å². The molecule has 0 saturated carbocycles. The highest BCUT2D eigenvalue weighted by Crippen LogP contribution is 2.10. The van der Waals surface area contributed by atoms with Crippen molar-refractivity contribution in [2.75, 3.05) is 6.61 Å². The molecule has 0 aromatic heterocycles. The average Bonchev–Trinajstić information content (AvgIpc) is 1.94. The van der Waals surface area contributed by atoms with E-state index in [0.717, 1.165) is 25.7 Å². The molecular formula is C8H18O4. The van der Waals surface area contributed by atoms with Crippen LogP contribution in [0.5, 0.6) is 0 Å². The first kappa shape index (κ1) is 11.8. The fraction of sp³-hybridized carbons (Fsp3) is 1.00. The summed E-state index contributed by atoms with van der Waals surface area (Å²) in [5, 5.41) is 33.9. The van der Waals surface area contributed by atoms with Crippen molar-refractivity contribution in [1.82, 2.24) is 0 Å². The number of hydrogen-bond donors (Lipinski definition) is 4. The predicted molar refractivity (Wildman–Crippen MR) is 44.2 cm³/mol. The minimum absolute atomic E-state index is 0.00781. The molecule has 0 heterocycles. The van der Waals surface area contributed by atoms with E-state index in [1.54, 1.807) is 0 Å². The van der Waals surface area contributed by atoms with E-state index in [1.807, 2.05) is 0 Å². The summed E-state index contributed by atoms with van der Waals surface area (Å²) in [7, 11) is 0. The fourth-order valence-corrected chi connectivity index (χ4v) is 1.00. The van der Waals surface area contributed by atoms with Crippen molar-refractivity contribution in [2.45, 2.75) is 44.5 Å². The van der Waals surface area contributed by atoms with Crippen molar-refractivity contribution < 1.29 is 20.4 Å². The quantitative estimate of drug-likeness (QED) is 0.325. The van der Waals surface area contributed by atoms with Crippen LogP contribution in [0.15, 0.2) is 0 Å². The SMILES string of the molecule is OCCCCCCCC(O)(O)O. The lowest BCUT2D eigenvalue weighted by Crippen LogP contribution is -2.26. The molecule has 4 N–H and O–H groups in total. The molecular weight excluding hydrogens is 160 g/mol. The first-order chi connectivity index (χ1) is 5.56. The Morgan fingerprint density at radius 3 is 1.75 bits per heavy atom. The molecule has 0 aromatic rings. The minimum atomic E-state index is -2.50. The molecule has 0 aliphatic carbocycles. The summed E-state index contributed by atoms with van der Waals surface area (Å²) in [5.74, 6) is -2.50. The van der Waals surface area contributed by atoms with E-state index in [0.29, 0.717) is 6.42 Å². The summed E-state index contributed by atoms with van der Waals surface area (Å²) in [6.07, 6.45) is 4.13. The molecule has 0 unspecified atom stereocenters. The second kappa shape index (κ2) is 6.37. The molecule has 0 aliphatic heterocycles. The highest BCUT2D eigenvalue weighted by molar-refractivity contribution is 4.49. The lowest BCUT2D eigenvalue weighted by molar-refractivity contribution is -0.315. The monoisotopic (exact) mass is 178 g/mol. The van der Waals surface area contributed by atoms with Crippen molar-refractivity contribution in [3.8, 4) is 0 Å². The van der Waals surface area contributed by atoms with Crippen LogP contribution in [-0.4, -0.2) is 33.0 Å². The van der Waals surface area contributed by atoms with E-state index in [1.165, 1.54) is 0 Å².